The molecule has 0 aromatic carbocycles. The van der Waals surface area contributed by atoms with Crippen molar-refractivity contribution in [3.8, 4) is 0 Å². The van der Waals surface area contributed by atoms with Crippen molar-refractivity contribution in [2.75, 3.05) is 13.7 Å². The summed E-state index contributed by atoms with van der Waals surface area (Å²) in [5.41, 5.74) is 1.76. The molecule has 4 heteroatoms. The van der Waals surface area contributed by atoms with Crippen molar-refractivity contribution in [3.05, 3.63) is 30.9 Å². The molecule has 0 radical (unpaired) electrons. The zero-order valence-electron chi connectivity index (χ0n) is 13.8. The fraction of sp³-hybridized carbons (Fsp3) is 0.588. The number of rotatable bonds is 10. The first-order valence-corrected chi connectivity index (χ1v) is 7.40. The summed E-state index contributed by atoms with van der Waals surface area (Å²) in [7, 11) is 1.73. The SMILES string of the molecule is C=Cc1ncn(CCC(C)OCCC(C)(C)OC)c1C=C. The van der Waals surface area contributed by atoms with Crippen LogP contribution in [0.15, 0.2) is 19.5 Å². The van der Waals surface area contributed by atoms with Crippen LogP contribution in [0.2, 0.25) is 0 Å². The number of hydrogen-bond donors (Lipinski definition) is 0. The first kappa shape index (κ1) is 17.7. The molecule has 0 saturated heterocycles. The van der Waals surface area contributed by atoms with E-state index in [9.17, 15) is 0 Å². The largest absolute Gasteiger partial charge is 0.379 e. The molecule has 0 amide bonds. The van der Waals surface area contributed by atoms with Gasteiger partial charge < -0.3 is 14.0 Å². The Labute approximate surface area is 128 Å². The van der Waals surface area contributed by atoms with E-state index < -0.39 is 0 Å². The number of aromatic nitrogens is 2. The van der Waals surface area contributed by atoms with Crippen LogP contribution in [0.3, 0.4) is 0 Å². The predicted molar refractivity (Wildman–Crippen MR) is 88.1 cm³/mol. The van der Waals surface area contributed by atoms with Gasteiger partial charge in [-0.2, -0.15) is 0 Å². The van der Waals surface area contributed by atoms with Crippen LogP contribution in [0.1, 0.15) is 45.0 Å². The lowest BCUT2D eigenvalue weighted by Gasteiger charge is -2.23. The number of ether oxygens (including phenoxy) is 2. The van der Waals surface area contributed by atoms with Gasteiger partial charge >= 0.3 is 0 Å². The van der Waals surface area contributed by atoms with Crippen LogP contribution in [-0.4, -0.2) is 35.0 Å². The number of aryl methyl sites for hydroxylation is 1. The quantitative estimate of drug-likeness (QED) is 0.658. The summed E-state index contributed by atoms with van der Waals surface area (Å²) in [6.45, 7) is 15.4. The van der Waals surface area contributed by atoms with Crippen LogP contribution in [0.25, 0.3) is 12.2 Å². The van der Waals surface area contributed by atoms with Crippen LogP contribution < -0.4 is 0 Å². The van der Waals surface area contributed by atoms with Gasteiger partial charge in [0.15, 0.2) is 0 Å². The topological polar surface area (TPSA) is 36.3 Å². The Balaban J connectivity index is 2.40. The van der Waals surface area contributed by atoms with E-state index in [-0.39, 0.29) is 11.7 Å². The molecule has 0 aliphatic heterocycles. The zero-order valence-corrected chi connectivity index (χ0v) is 13.8. The average molecular weight is 292 g/mol. The van der Waals surface area contributed by atoms with E-state index in [1.54, 1.807) is 13.2 Å². The minimum atomic E-state index is -0.126. The Bertz CT molecular complexity index is 463. The molecule has 1 atom stereocenters. The summed E-state index contributed by atoms with van der Waals surface area (Å²) in [6.07, 6.45) is 7.41. The minimum Gasteiger partial charge on any atom is -0.379 e. The van der Waals surface area contributed by atoms with Crippen molar-refractivity contribution in [1.29, 1.82) is 0 Å². The summed E-state index contributed by atoms with van der Waals surface area (Å²) in [5, 5.41) is 0. The van der Waals surface area contributed by atoms with Crippen molar-refractivity contribution in [2.45, 2.75) is 51.9 Å². The Morgan fingerprint density at radius 2 is 2.10 bits per heavy atom. The first-order chi connectivity index (χ1) is 9.93. The Kier molecular flexibility index (Phi) is 6.85. The van der Waals surface area contributed by atoms with Crippen LogP contribution in [0, 0.1) is 0 Å². The summed E-state index contributed by atoms with van der Waals surface area (Å²) < 4.78 is 13.3. The number of hydrogen-bond acceptors (Lipinski definition) is 3. The van der Waals surface area contributed by atoms with Gasteiger partial charge in [-0.1, -0.05) is 13.2 Å². The van der Waals surface area contributed by atoms with Crippen molar-refractivity contribution >= 4 is 12.2 Å². The van der Waals surface area contributed by atoms with E-state index >= 15 is 0 Å². The van der Waals surface area contributed by atoms with Crippen LogP contribution in [-0.2, 0) is 16.0 Å². The van der Waals surface area contributed by atoms with Gasteiger partial charge in [0, 0.05) is 20.3 Å². The van der Waals surface area contributed by atoms with Gasteiger partial charge in [-0.15, -0.1) is 0 Å². The Hall–Kier alpha value is -1.39. The molecule has 0 saturated carbocycles. The molecule has 1 rings (SSSR count). The third-order valence-corrected chi connectivity index (χ3v) is 3.73. The first-order valence-electron chi connectivity index (χ1n) is 7.40. The van der Waals surface area contributed by atoms with Crippen LogP contribution >= 0.6 is 0 Å². The monoisotopic (exact) mass is 292 g/mol. The maximum Gasteiger partial charge on any atom is 0.0958 e. The number of methoxy groups -OCH3 is 1. The Morgan fingerprint density at radius 3 is 2.67 bits per heavy atom. The standard InChI is InChI=1S/C17H28N2O2/c1-7-15-16(8-2)19(13-18-15)11-9-14(3)21-12-10-17(4,5)20-6/h7-8,13-14H,1-2,9-12H2,3-6H3. The van der Waals surface area contributed by atoms with Gasteiger partial charge in [-0.25, -0.2) is 4.98 Å². The minimum absolute atomic E-state index is 0.126. The van der Waals surface area contributed by atoms with E-state index in [4.69, 9.17) is 9.47 Å². The molecule has 1 heterocycles. The second kappa shape index (κ2) is 8.15. The van der Waals surface area contributed by atoms with Gasteiger partial charge in [-0.05, 0) is 45.8 Å². The highest BCUT2D eigenvalue weighted by atomic mass is 16.5. The number of imidazole rings is 1. The molecule has 0 spiro atoms. The average Bonchev–Trinajstić information content (AvgIpc) is 2.86. The molecule has 1 unspecified atom stereocenters. The lowest BCUT2D eigenvalue weighted by molar-refractivity contribution is -0.0252. The molecule has 0 N–H and O–H groups in total. The van der Waals surface area contributed by atoms with Gasteiger partial charge in [0.2, 0.25) is 0 Å². The molecule has 4 nitrogen and oxygen atoms in total. The third kappa shape index (κ3) is 5.48. The van der Waals surface area contributed by atoms with Crippen LogP contribution in [0.4, 0.5) is 0 Å². The van der Waals surface area contributed by atoms with E-state index in [2.05, 4.69) is 43.5 Å². The smallest absolute Gasteiger partial charge is 0.0958 e. The highest BCUT2D eigenvalue weighted by Gasteiger charge is 2.16. The molecule has 0 aliphatic carbocycles. The maximum absolute atomic E-state index is 5.85. The van der Waals surface area contributed by atoms with E-state index in [1.807, 2.05) is 12.4 Å². The lowest BCUT2D eigenvalue weighted by Crippen LogP contribution is -2.25. The number of nitrogens with zero attached hydrogens (tertiary/aromatic N) is 2. The van der Waals surface area contributed by atoms with Crippen molar-refractivity contribution in [2.24, 2.45) is 0 Å². The molecule has 1 aromatic heterocycles. The van der Waals surface area contributed by atoms with Gasteiger partial charge in [-0.3, -0.25) is 0 Å². The van der Waals surface area contributed by atoms with Crippen LogP contribution in [0.5, 0.6) is 0 Å². The predicted octanol–water partition coefficient (Wildman–Crippen LogP) is 3.78. The highest BCUT2D eigenvalue weighted by Crippen LogP contribution is 2.15. The second-order valence-corrected chi connectivity index (χ2v) is 5.80. The molecular formula is C17H28N2O2. The van der Waals surface area contributed by atoms with E-state index in [0.717, 1.165) is 30.8 Å². The molecule has 0 bridgehead atoms. The van der Waals surface area contributed by atoms with Gasteiger partial charge in [0.05, 0.1) is 29.4 Å². The molecule has 0 fully saturated rings. The van der Waals surface area contributed by atoms with E-state index in [0.29, 0.717) is 6.61 Å². The molecule has 118 valence electrons. The second-order valence-electron chi connectivity index (χ2n) is 5.80. The molecule has 1 aromatic rings. The molecule has 0 aliphatic rings. The normalized spacial score (nSPS) is 13.1. The highest BCUT2D eigenvalue weighted by molar-refractivity contribution is 5.57. The Morgan fingerprint density at radius 1 is 1.38 bits per heavy atom. The van der Waals surface area contributed by atoms with E-state index in [1.165, 1.54) is 0 Å². The fourth-order valence-electron chi connectivity index (χ4n) is 1.98. The fourth-order valence-corrected chi connectivity index (χ4v) is 1.98. The van der Waals surface area contributed by atoms with Crippen molar-refractivity contribution in [1.82, 2.24) is 9.55 Å². The lowest BCUT2D eigenvalue weighted by atomic mass is 10.1. The summed E-state index contributed by atoms with van der Waals surface area (Å²) in [5.74, 6) is 0. The van der Waals surface area contributed by atoms with Crippen molar-refractivity contribution in [3.63, 3.8) is 0 Å². The van der Waals surface area contributed by atoms with Gasteiger partial charge in [0.25, 0.3) is 0 Å². The third-order valence-electron chi connectivity index (χ3n) is 3.73. The molecule has 21 heavy (non-hydrogen) atoms. The maximum atomic E-state index is 5.85. The van der Waals surface area contributed by atoms with Crippen molar-refractivity contribution < 1.29 is 9.47 Å². The summed E-state index contributed by atoms with van der Waals surface area (Å²) in [4.78, 5) is 4.31. The molecular weight excluding hydrogens is 264 g/mol. The summed E-state index contributed by atoms with van der Waals surface area (Å²) >= 11 is 0. The zero-order chi connectivity index (χ0) is 15.9. The van der Waals surface area contributed by atoms with Gasteiger partial charge in [0.1, 0.15) is 0 Å². The summed E-state index contributed by atoms with van der Waals surface area (Å²) in [6, 6.07) is 0.